The fourth-order valence-electron chi connectivity index (χ4n) is 2.23. The second-order valence-electron chi connectivity index (χ2n) is 5.04. The van der Waals surface area contributed by atoms with Crippen LogP contribution in [0.25, 0.3) is 0 Å². The van der Waals surface area contributed by atoms with Crippen LogP contribution in [0, 0.1) is 12.7 Å². The van der Waals surface area contributed by atoms with Gasteiger partial charge in [0.2, 0.25) is 0 Å². The second-order valence-corrected chi connectivity index (χ2v) is 5.04. The lowest BCUT2D eigenvalue weighted by molar-refractivity contribution is 0.317. The Bertz CT molecular complexity index is 584. The van der Waals surface area contributed by atoms with Crippen LogP contribution in [-0.2, 0) is 0 Å². The first-order valence-corrected chi connectivity index (χ1v) is 7.10. The smallest absolute Gasteiger partial charge is 0.128 e. The van der Waals surface area contributed by atoms with Crippen LogP contribution in [0.1, 0.15) is 36.1 Å². The molecule has 21 heavy (non-hydrogen) atoms. The molecule has 4 heteroatoms. The SMILES string of the molecule is CCCOc1ccc(C(NN)c2cc(C)ccc2F)cc1. The molecule has 0 radical (unpaired) electrons. The Morgan fingerprint density at radius 2 is 1.90 bits per heavy atom. The first-order valence-electron chi connectivity index (χ1n) is 7.10. The molecule has 0 saturated heterocycles. The first kappa shape index (κ1) is 15.5. The number of rotatable bonds is 6. The maximum Gasteiger partial charge on any atom is 0.128 e. The lowest BCUT2D eigenvalue weighted by Crippen LogP contribution is -2.29. The van der Waals surface area contributed by atoms with Crippen molar-refractivity contribution in [2.24, 2.45) is 5.84 Å². The summed E-state index contributed by atoms with van der Waals surface area (Å²) in [5.41, 5.74) is 5.12. The molecule has 2 aromatic rings. The first-order chi connectivity index (χ1) is 10.2. The van der Waals surface area contributed by atoms with Crippen LogP contribution in [0.15, 0.2) is 42.5 Å². The van der Waals surface area contributed by atoms with Gasteiger partial charge in [0.15, 0.2) is 0 Å². The zero-order valence-electron chi connectivity index (χ0n) is 12.4. The maximum absolute atomic E-state index is 14.0. The Labute approximate surface area is 124 Å². The van der Waals surface area contributed by atoms with E-state index in [2.05, 4.69) is 12.3 Å². The fourth-order valence-corrected chi connectivity index (χ4v) is 2.23. The van der Waals surface area contributed by atoms with Crippen LogP contribution in [0.5, 0.6) is 5.75 Å². The van der Waals surface area contributed by atoms with Crippen molar-refractivity contribution in [1.29, 1.82) is 0 Å². The normalized spacial score (nSPS) is 12.2. The van der Waals surface area contributed by atoms with Gasteiger partial charge in [-0.05, 0) is 37.1 Å². The van der Waals surface area contributed by atoms with Crippen LogP contribution >= 0.6 is 0 Å². The molecule has 1 unspecified atom stereocenters. The van der Waals surface area contributed by atoms with Gasteiger partial charge in [-0.2, -0.15) is 0 Å². The Balaban J connectivity index is 2.26. The molecule has 0 saturated carbocycles. The van der Waals surface area contributed by atoms with Crippen LogP contribution in [0.4, 0.5) is 4.39 Å². The lowest BCUT2D eigenvalue weighted by atomic mass is 9.97. The third kappa shape index (κ3) is 3.80. The van der Waals surface area contributed by atoms with Gasteiger partial charge in [-0.15, -0.1) is 0 Å². The van der Waals surface area contributed by atoms with E-state index in [9.17, 15) is 4.39 Å². The molecule has 1 atom stereocenters. The van der Waals surface area contributed by atoms with E-state index in [4.69, 9.17) is 10.6 Å². The molecule has 0 spiro atoms. The molecular weight excluding hydrogens is 267 g/mol. The summed E-state index contributed by atoms with van der Waals surface area (Å²) in [6.45, 7) is 4.67. The summed E-state index contributed by atoms with van der Waals surface area (Å²) >= 11 is 0. The van der Waals surface area contributed by atoms with E-state index < -0.39 is 0 Å². The molecule has 0 fully saturated rings. The van der Waals surface area contributed by atoms with Crippen molar-refractivity contribution in [2.75, 3.05) is 6.61 Å². The number of nitrogens with one attached hydrogen (secondary N) is 1. The van der Waals surface area contributed by atoms with Crippen molar-refractivity contribution < 1.29 is 9.13 Å². The van der Waals surface area contributed by atoms with Gasteiger partial charge in [0.05, 0.1) is 12.6 Å². The molecule has 0 heterocycles. The maximum atomic E-state index is 14.0. The van der Waals surface area contributed by atoms with Gasteiger partial charge in [0.1, 0.15) is 11.6 Å². The standard InChI is InChI=1S/C17H21FN2O/c1-3-10-21-14-7-5-13(6-8-14)17(20-19)15-11-12(2)4-9-16(15)18/h4-9,11,17,20H,3,10,19H2,1-2H3. The quantitative estimate of drug-likeness (QED) is 0.632. The van der Waals surface area contributed by atoms with Crippen LogP contribution in [0.3, 0.4) is 0 Å². The molecule has 0 bridgehead atoms. The summed E-state index contributed by atoms with van der Waals surface area (Å²) in [5, 5.41) is 0. The molecular formula is C17H21FN2O. The molecule has 0 aliphatic heterocycles. The number of ether oxygens (including phenoxy) is 1. The molecule has 3 nitrogen and oxygen atoms in total. The zero-order valence-corrected chi connectivity index (χ0v) is 12.4. The average molecular weight is 288 g/mol. The van der Waals surface area contributed by atoms with Crippen molar-refractivity contribution in [1.82, 2.24) is 5.43 Å². The monoisotopic (exact) mass is 288 g/mol. The van der Waals surface area contributed by atoms with Gasteiger partial charge in [-0.3, -0.25) is 5.84 Å². The molecule has 0 aliphatic carbocycles. The summed E-state index contributed by atoms with van der Waals surface area (Å²) in [6.07, 6.45) is 0.962. The third-order valence-corrected chi connectivity index (χ3v) is 3.32. The van der Waals surface area contributed by atoms with E-state index in [1.165, 1.54) is 6.07 Å². The van der Waals surface area contributed by atoms with Crippen molar-refractivity contribution in [3.05, 3.63) is 65.0 Å². The molecule has 2 rings (SSSR count). The highest BCUT2D eigenvalue weighted by Gasteiger charge is 2.16. The molecule has 0 aromatic heterocycles. The molecule has 112 valence electrons. The van der Waals surface area contributed by atoms with Crippen molar-refractivity contribution >= 4 is 0 Å². The second kappa shape index (κ2) is 7.20. The number of halogens is 1. The van der Waals surface area contributed by atoms with E-state index in [1.54, 1.807) is 12.1 Å². The number of nitrogens with two attached hydrogens (primary N) is 1. The summed E-state index contributed by atoms with van der Waals surface area (Å²) in [5.74, 6) is 6.16. The highest BCUT2D eigenvalue weighted by Crippen LogP contribution is 2.26. The number of aryl methyl sites for hydroxylation is 1. The highest BCUT2D eigenvalue weighted by molar-refractivity contribution is 5.37. The van der Waals surface area contributed by atoms with Gasteiger partial charge >= 0.3 is 0 Å². The summed E-state index contributed by atoms with van der Waals surface area (Å²) in [4.78, 5) is 0. The summed E-state index contributed by atoms with van der Waals surface area (Å²) < 4.78 is 19.6. The number of hydrazine groups is 1. The van der Waals surface area contributed by atoms with E-state index in [0.717, 1.165) is 23.3 Å². The van der Waals surface area contributed by atoms with Crippen LogP contribution in [0.2, 0.25) is 0 Å². The molecule has 2 aromatic carbocycles. The average Bonchev–Trinajstić information content (AvgIpc) is 2.50. The molecule has 0 aliphatic rings. The predicted octanol–water partition coefficient (Wildman–Crippen LogP) is 3.48. The minimum atomic E-state index is -0.384. The van der Waals surface area contributed by atoms with Crippen molar-refractivity contribution in [3.8, 4) is 5.75 Å². The van der Waals surface area contributed by atoms with E-state index in [0.29, 0.717) is 12.2 Å². The lowest BCUT2D eigenvalue weighted by Gasteiger charge is -2.18. The van der Waals surface area contributed by atoms with Gasteiger partial charge in [-0.25, -0.2) is 9.82 Å². The summed E-state index contributed by atoms with van der Waals surface area (Å²) in [7, 11) is 0. The van der Waals surface area contributed by atoms with Gasteiger partial charge < -0.3 is 4.74 Å². The van der Waals surface area contributed by atoms with Gasteiger partial charge in [-0.1, -0.05) is 36.8 Å². The topological polar surface area (TPSA) is 47.3 Å². The predicted molar refractivity (Wildman–Crippen MR) is 82.5 cm³/mol. The Morgan fingerprint density at radius 1 is 1.19 bits per heavy atom. The van der Waals surface area contributed by atoms with Crippen LogP contribution in [-0.4, -0.2) is 6.61 Å². The number of hydrogen-bond donors (Lipinski definition) is 2. The van der Waals surface area contributed by atoms with Gasteiger partial charge in [0.25, 0.3) is 0 Å². The summed E-state index contributed by atoms with van der Waals surface area (Å²) in [6, 6.07) is 12.2. The van der Waals surface area contributed by atoms with Crippen molar-refractivity contribution in [2.45, 2.75) is 26.3 Å². The Morgan fingerprint density at radius 3 is 2.52 bits per heavy atom. The highest BCUT2D eigenvalue weighted by atomic mass is 19.1. The number of benzene rings is 2. The largest absolute Gasteiger partial charge is 0.494 e. The van der Waals surface area contributed by atoms with Crippen LogP contribution < -0.4 is 16.0 Å². The van der Waals surface area contributed by atoms with E-state index in [1.807, 2.05) is 31.2 Å². The number of hydrogen-bond acceptors (Lipinski definition) is 3. The Hall–Kier alpha value is -1.91. The van der Waals surface area contributed by atoms with E-state index in [-0.39, 0.29) is 11.9 Å². The van der Waals surface area contributed by atoms with Gasteiger partial charge in [0, 0.05) is 5.56 Å². The van der Waals surface area contributed by atoms with E-state index >= 15 is 0 Å². The minimum Gasteiger partial charge on any atom is -0.494 e. The molecule has 0 amide bonds. The zero-order chi connectivity index (χ0) is 15.2. The fraction of sp³-hybridized carbons (Fsp3) is 0.294. The Kier molecular flexibility index (Phi) is 5.31. The third-order valence-electron chi connectivity index (χ3n) is 3.32. The van der Waals surface area contributed by atoms with Crippen molar-refractivity contribution in [3.63, 3.8) is 0 Å². The molecule has 3 N–H and O–H groups in total. The minimum absolute atomic E-state index is 0.269.